The van der Waals surface area contributed by atoms with Crippen molar-refractivity contribution >= 4 is 46.4 Å². The average Bonchev–Trinajstić information content (AvgIpc) is 3.03. The summed E-state index contributed by atoms with van der Waals surface area (Å²) in [7, 11) is 0. The Balaban J connectivity index is 1.34. The van der Waals surface area contributed by atoms with Gasteiger partial charge in [0.2, 0.25) is 5.91 Å². The maximum Gasteiger partial charge on any atom is 0.237 e. The highest BCUT2D eigenvalue weighted by Gasteiger charge is 2.52. The molecule has 5 nitrogen and oxygen atoms in total. The molecule has 2 aromatic rings. The predicted molar refractivity (Wildman–Crippen MR) is 134 cm³/mol. The molecule has 0 N–H and O–H groups in total. The summed E-state index contributed by atoms with van der Waals surface area (Å²) in [6.07, 6.45) is 1.55. The van der Waals surface area contributed by atoms with E-state index in [1.807, 2.05) is 29.2 Å². The SMILES string of the molecule is O=C1N(CCN2CCOCC2)c2cc(Cl)c(Cl)cc2C12CCN(Cc1ccc(Cl)cc1)CC2. The van der Waals surface area contributed by atoms with E-state index in [0.29, 0.717) is 16.6 Å². The molecule has 3 heterocycles. The smallest absolute Gasteiger partial charge is 0.237 e. The van der Waals surface area contributed by atoms with E-state index >= 15 is 0 Å². The Hall–Kier alpha value is -1.34. The van der Waals surface area contributed by atoms with Crippen molar-refractivity contribution < 1.29 is 9.53 Å². The Kier molecular flexibility index (Phi) is 6.90. The van der Waals surface area contributed by atoms with E-state index in [0.717, 1.165) is 81.6 Å². The molecule has 0 atom stereocenters. The second-order valence-electron chi connectivity index (χ2n) is 9.18. The predicted octanol–water partition coefficient (Wildman–Crippen LogP) is 4.86. The van der Waals surface area contributed by atoms with Gasteiger partial charge < -0.3 is 9.64 Å². The third kappa shape index (κ3) is 4.64. The second kappa shape index (κ2) is 9.73. The molecule has 0 saturated carbocycles. The van der Waals surface area contributed by atoms with Crippen molar-refractivity contribution in [2.75, 3.05) is 57.4 Å². The van der Waals surface area contributed by atoms with Crippen LogP contribution in [-0.2, 0) is 21.5 Å². The highest BCUT2D eigenvalue weighted by molar-refractivity contribution is 6.42. The number of fused-ring (bicyclic) bond motifs is 2. The highest BCUT2D eigenvalue weighted by atomic mass is 35.5. The first kappa shape index (κ1) is 23.4. The van der Waals surface area contributed by atoms with Gasteiger partial charge in [-0.1, -0.05) is 46.9 Å². The van der Waals surface area contributed by atoms with Crippen LogP contribution in [0.2, 0.25) is 15.1 Å². The van der Waals surface area contributed by atoms with Gasteiger partial charge in [0.15, 0.2) is 0 Å². The summed E-state index contributed by atoms with van der Waals surface area (Å²) in [6, 6.07) is 11.8. The van der Waals surface area contributed by atoms with E-state index in [-0.39, 0.29) is 5.91 Å². The molecule has 2 fully saturated rings. The van der Waals surface area contributed by atoms with Gasteiger partial charge in [0, 0.05) is 43.4 Å². The van der Waals surface area contributed by atoms with Crippen molar-refractivity contribution in [1.29, 1.82) is 0 Å². The number of amides is 1. The van der Waals surface area contributed by atoms with Crippen molar-refractivity contribution in [3.05, 3.63) is 62.6 Å². The minimum atomic E-state index is -0.523. The number of carbonyl (C=O) groups is 1. The van der Waals surface area contributed by atoms with Gasteiger partial charge in [0.05, 0.1) is 28.7 Å². The Morgan fingerprint density at radius 2 is 1.52 bits per heavy atom. The minimum Gasteiger partial charge on any atom is -0.379 e. The van der Waals surface area contributed by atoms with Crippen molar-refractivity contribution in [3.8, 4) is 0 Å². The molecule has 8 heteroatoms. The number of nitrogens with zero attached hydrogens (tertiary/aromatic N) is 3. The molecule has 33 heavy (non-hydrogen) atoms. The molecule has 1 amide bonds. The lowest BCUT2D eigenvalue weighted by Crippen LogP contribution is -2.50. The largest absolute Gasteiger partial charge is 0.379 e. The molecule has 2 aromatic carbocycles. The Morgan fingerprint density at radius 3 is 2.21 bits per heavy atom. The summed E-state index contributed by atoms with van der Waals surface area (Å²) in [6.45, 7) is 7.35. The number of halogens is 3. The molecule has 5 rings (SSSR count). The quantitative estimate of drug-likeness (QED) is 0.578. The lowest BCUT2D eigenvalue weighted by Gasteiger charge is -2.38. The number of likely N-dealkylation sites (tertiary alicyclic amines) is 1. The number of hydrogen-bond donors (Lipinski definition) is 0. The summed E-state index contributed by atoms with van der Waals surface area (Å²) in [5, 5.41) is 1.76. The second-order valence-corrected chi connectivity index (χ2v) is 10.4. The number of rotatable bonds is 5. The molecule has 0 radical (unpaired) electrons. The summed E-state index contributed by atoms with van der Waals surface area (Å²) >= 11 is 18.9. The van der Waals surface area contributed by atoms with E-state index in [2.05, 4.69) is 21.9 Å². The lowest BCUT2D eigenvalue weighted by molar-refractivity contribution is -0.125. The zero-order valence-corrected chi connectivity index (χ0v) is 20.8. The van der Waals surface area contributed by atoms with Gasteiger partial charge in [-0.05, 0) is 61.3 Å². The van der Waals surface area contributed by atoms with Crippen LogP contribution in [0.4, 0.5) is 5.69 Å². The number of piperidine rings is 1. The molecule has 0 bridgehead atoms. The molecular weight excluding hydrogens is 481 g/mol. The third-order valence-corrected chi connectivity index (χ3v) is 8.25. The number of carbonyl (C=O) groups excluding carboxylic acids is 1. The van der Waals surface area contributed by atoms with Crippen LogP contribution >= 0.6 is 34.8 Å². The van der Waals surface area contributed by atoms with Crippen LogP contribution in [0.15, 0.2) is 36.4 Å². The average molecular weight is 509 g/mol. The van der Waals surface area contributed by atoms with Gasteiger partial charge in [-0.3, -0.25) is 14.6 Å². The molecular formula is C25H28Cl3N3O2. The van der Waals surface area contributed by atoms with E-state index < -0.39 is 5.41 Å². The standard InChI is InChI=1S/C25H28Cl3N3O2/c26-19-3-1-18(2-4-19)17-30-7-5-25(6-8-30)20-15-21(27)22(28)16-23(20)31(24(25)32)10-9-29-11-13-33-14-12-29/h1-4,15-16H,5-14,17H2. The molecule has 2 saturated heterocycles. The topological polar surface area (TPSA) is 36.0 Å². The fraction of sp³-hybridized carbons (Fsp3) is 0.480. The number of anilines is 1. The third-order valence-electron chi connectivity index (χ3n) is 7.27. The molecule has 0 aromatic heterocycles. The van der Waals surface area contributed by atoms with Crippen LogP contribution in [-0.4, -0.2) is 68.2 Å². The van der Waals surface area contributed by atoms with Crippen molar-refractivity contribution in [3.63, 3.8) is 0 Å². The van der Waals surface area contributed by atoms with Gasteiger partial charge in [-0.2, -0.15) is 0 Å². The minimum absolute atomic E-state index is 0.190. The van der Waals surface area contributed by atoms with Gasteiger partial charge >= 0.3 is 0 Å². The summed E-state index contributed by atoms with van der Waals surface area (Å²) < 4.78 is 5.46. The fourth-order valence-electron chi connectivity index (χ4n) is 5.34. The Labute approximate surface area is 210 Å². The maximum atomic E-state index is 13.9. The van der Waals surface area contributed by atoms with Crippen LogP contribution in [0, 0.1) is 0 Å². The van der Waals surface area contributed by atoms with Crippen LogP contribution in [0.3, 0.4) is 0 Å². The summed E-state index contributed by atoms with van der Waals surface area (Å²) in [5.74, 6) is 0.190. The molecule has 0 aliphatic carbocycles. The zero-order chi connectivity index (χ0) is 23.0. The van der Waals surface area contributed by atoms with Crippen LogP contribution in [0.5, 0.6) is 0 Å². The number of hydrogen-bond acceptors (Lipinski definition) is 4. The number of benzene rings is 2. The zero-order valence-electron chi connectivity index (χ0n) is 18.5. The van der Waals surface area contributed by atoms with Crippen LogP contribution < -0.4 is 4.90 Å². The van der Waals surface area contributed by atoms with E-state index in [4.69, 9.17) is 39.5 Å². The van der Waals surface area contributed by atoms with Crippen molar-refractivity contribution in [1.82, 2.24) is 9.80 Å². The first-order chi connectivity index (χ1) is 16.0. The van der Waals surface area contributed by atoms with Crippen LogP contribution in [0.1, 0.15) is 24.0 Å². The fourth-order valence-corrected chi connectivity index (χ4v) is 5.79. The molecule has 1 spiro atoms. The summed E-state index contributed by atoms with van der Waals surface area (Å²) in [5.41, 5.74) is 2.67. The number of morpholine rings is 1. The Bertz CT molecular complexity index is 1020. The van der Waals surface area contributed by atoms with Gasteiger partial charge in [-0.15, -0.1) is 0 Å². The van der Waals surface area contributed by atoms with E-state index in [9.17, 15) is 4.79 Å². The maximum absolute atomic E-state index is 13.9. The first-order valence-corrected chi connectivity index (χ1v) is 12.7. The first-order valence-electron chi connectivity index (χ1n) is 11.5. The number of ether oxygens (including phenoxy) is 1. The molecule has 0 unspecified atom stereocenters. The monoisotopic (exact) mass is 507 g/mol. The van der Waals surface area contributed by atoms with Gasteiger partial charge in [0.1, 0.15) is 0 Å². The lowest BCUT2D eigenvalue weighted by atomic mass is 9.73. The van der Waals surface area contributed by atoms with E-state index in [1.165, 1.54) is 5.56 Å². The van der Waals surface area contributed by atoms with Crippen molar-refractivity contribution in [2.24, 2.45) is 0 Å². The molecule has 3 aliphatic rings. The molecule has 3 aliphatic heterocycles. The van der Waals surface area contributed by atoms with Crippen LogP contribution in [0.25, 0.3) is 0 Å². The van der Waals surface area contributed by atoms with Gasteiger partial charge in [0.25, 0.3) is 0 Å². The summed E-state index contributed by atoms with van der Waals surface area (Å²) in [4.78, 5) is 20.6. The normalized spacial score (nSPS) is 21.1. The molecule has 176 valence electrons. The van der Waals surface area contributed by atoms with E-state index in [1.54, 1.807) is 0 Å². The highest BCUT2D eigenvalue weighted by Crippen LogP contribution is 2.50. The van der Waals surface area contributed by atoms with Gasteiger partial charge in [-0.25, -0.2) is 0 Å². The Morgan fingerprint density at radius 1 is 0.848 bits per heavy atom. The van der Waals surface area contributed by atoms with Crippen molar-refractivity contribution in [2.45, 2.75) is 24.8 Å².